The van der Waals surface area contributed by atoms with E-state index in [1.165, 1.54) is 0 Å². The molecule has 3 N–H and O–H groups in total. The molecule has 1 aromatic rings. The summed E-state index contributed by atoms with van der Waals surface area (Å²) in [7, 11) is 0. The van der Waals surface area contributed by atoms with Crippen molar-refractivity contribution < 1.29 is 14.7 Å². The molecule has 24 heavy (non-hydrogen) atoms. The molecule has 1 atom stereocenters. The normalized spacial score (nSPS) is 12.8. The predicted molar refractivity (Wildman–Crippen MR) is 95.8 cm³/mol. The smallest absolute Gasteiger partial charge is 0.251 e. The molecule has 0 saturated carbocycles. The molecule has 0 aromatic heterocycles. The predicted octanol–water partition coefficient (Wildman–Crippen LogP) is 2.27. The molecule has 1 unspecified atom stereocenters. The van der Waals surface area contributed by atoms with E-state index in [9.17, 15) is 9.59 Å². The number of nitrogens with one attached hydrogen (secondary N) is 2. The Kier molecular flexibility index (Phi) is 7.42. The van der Waals surface area contributed by atoms with E-state index in [0.717, 1.165) is 5.56 Å². The largest absolute Gasteiger partial charge is 0.396 e. The summed E-state index contributed by atoms with van der Waals surface area (Å²) in [6, 6.07) is 6.66. The van der Waals surface area contributed by atoms with Gasteiger partial charge in [0.2, 0.25) is 5.91 Å². The molecule has 0 bridgehead atoms. The number of aryl methyl sites for hydroxylation is 1. The van der Waals surface area contributed by atoms with Crippen LogP contribution in [-0.4, -0.2) is 36.1 Å². The van der Waals surface area contributed by atoms with Crippen LogP contribution in [0, 0.1) is 18.3 Å². The van der Waals surface area contributed by atoms with Crippen molar-refractivity contribution in [2.24, 2.45) is 11.3 Å². The molecule has 0 heterocycles. The maximum atomic E-state index is 12.5. The molecule has 0 aliphatic heterocycles. The number of carbonyl (C=O) groups is 2. The Labute approximate surface area is 144 Å². The maximum absolute atomic E-state index is 12.5. The number of aliphatic hydroxyl groups excluding tert-OH is 1. The van der Waals surface area contributed by atoms with Crippen LogP contribution in [0.2, 0.25) is 0 Å². The summed E-state index contributed by atoms with van der Waals surface area (Å²) in [5, 5.41) is 14.8. The average molecular weight is 334 g/mol. The molecular formula is C19H30N2O3. The summed E-state index contributed by atoms with van der Waals surface area (Å²) in [5.74, 6) is -0.477. The van der Waals surface area contributed by atoms with Gasteiger partial charge in [0.1, 0.15) is 6.04 Å². The molecule has 1 aromatic carbocycles. The number of hydrogen-bond acceptors (Lipinski definition) is 3. The minimum atomic E-state index is -0.594. The molecule has 0 aliphatic rings. The van der Waals surface area contributed by atoms with Crippen LogP contribution in [0.1, 0.15) is 50.0 Å². The first kappa shape index (κ1) is 20.2. The lowest BCUT2D eigenvalue weighted by Crippen LogP contribution is -2.51. The second kappa shape index (κ2) is 8.83. The van der Waals surface area contributed by atoms with Crippen LogP contribution >= 0.6 is 0 Å². The van der Waals surface area contributed by atoms with E-state index in [1.54, 1.807) is 12.1 Å². The van der Waals surface area contributed by atoms with E-state index in [-0.39, 0.29) is 29.8 Å². The summed E-state index contributed by atoms with van der Waals surface area (Å²) in [5.41, 5.74) is 1.43. The Hall–Kier alpha value is -1.88. The Balaban J connectivity index is 2.70. The van der Waals surface area contributed by atoms with E-state index in [4.69, 9.17) is 5.11 Å². The van der Waals surface area contributed by atoms with Gasteiger partial charge in [-0.3, -0.25) is 9.59 Å². The summed E-state index contributed by atoms with van der Waals surface area (Å²) in [4.78, 5) is 24.8. The third-order valence-corrected chi connectivity index (χ3v) is 4.08. The van der Waals surface area contributed by atoms with Crippen LogP contribution in [-0.2, 0) is 4.79 Å². The van der Waals surface area contributed by atoms with E-state index in [1.807, 2.05) is 46.8 Å². The third-order valence-electron chi connectivity index (χ3n) is 4.08. The number of benzene rings is 1. The van der Waals surface area contributed by atoms with Crippen molar-refractivity contribution in [3.8, 4) is 0 Å². The topological polar surface area (TPSA) is 78.4 Å². The van der Waals surface area contributed by atoms with Gasteiger partial charge in [0.25, 0.3) is 5.91 Å². The number of carbonyl (C=O) groups excluding carboxylic acids is 2. The zero-order valence-electron chi connectivity index (χ0n) is 15.3. The average Bonchev–Trinajstić information content (AvgIpc) is 2.50. The molecule has 0 aliphatic carbocycles. The molecule has 5 nitrogen and oxygen atoms in total. The van der Waals surface area contributed by atoms with Gasteiger partial charge < -0.3 is 15.7 Å². The minimum absolute atomic E-state index is 0.0275. The van der Waals surface area contributed by atoms with Crippen LogP contribution in [0.5, 0.6) is 0 Å². The zero-order chi connectivity index (χ0) is 18.3. The molecule has 2 amide bonds. The van der Waals surface area contributed by atoms with Gasteiger partial charge in [0.15, 0.2) is 0 Å². The summed E-state index contributed by atoms with van der Waals surface area (Å²) in [6.45, 7) is 10.3. The molecule has 134 valence electrons. The first-order valence-corrected chi connectivity index (χ1v) is 8.42. The number of amides is 2. The molecule has 0 saturated heterocycles. The molecule has 5 heteroatoms. The van der Waals surface area contributed by atoms with Crippen molar-refractivity contribution in [3.63, 3.8) is 0 Å². The van der Waals surface area contributed by atoms with Crippen molar-refractivity contribution >= 4 is 11.8 Å². The third kappa shape index (κ3) is 6.32. The van der Waals surface area contributed by atoms with Crippen LogP contribution in [0.3, 0.4) is 0 Å². The number of rotatable bonds is 8. The first-order chi connectivity index (χ1) is 11.2. The van der Waals surface area contributed by atoms with E-state index in [2.05, 4.69) is 10.6 Å². The van der Waals surface area contributed by atoms with Crippen LogP contribution in [0.4, 0.5) is 0 Å². The van der Waals surface area contributed by atoms with E-state index >= 15 is 0 Å². The van der Waals surface area contributed by atoms with E-state index in [0.29, 0.717) is 18.5 Å². The van der Waals surface area contributed by atoms with Gasteiger partial charge in [-0.05, 0) is 36.8 Å². The van der Waals surface area contributed by atoms with E-state index < -0.39 is 6.04 Å². The van der Waals surface area contributed by atoms with Gasteiger partial charge >= 0.3 is 0 Å². The lowest BCUT2D eigenvalue weighted by atomic mass is 9.89. The maximum Gasteiger partial charge on any atom is 0.251 e. The fraction of sp³-hybridized carbons (Fsp3) is 0.579. The van der Waals surface area contributed by atoms with Crippen LogP contribution in [0.15, 0.2) is 24.3 Å². The number of aliphatic hydroxyl groups is 1. The molecule has 0 radical (unpaired) electrons. The number of hydrogen-bond donors (Lipinski definition) is 3. The Morgan fingerprint density at radius 1 is 1.17 bits per heavy atom. The van der Waals surface area contributed by atoms with Crippen molar-refractivity contribution in [2.45, 2.75) is 47.1 Å². The second-order valence-corrected chi connectivity index (χ2v) is 7.42. The fourth-order valence-corrected chi connectivity index (χ4v) is 2.29. The molecule has 0 fully saturated rings. The van der Waals surface area contributed by atoms with Crippen molar-refractivity contribution in [3.05, 3.63) is 35.4 Å². The highest BCUT2D eigenvalue weighted by Gasteiger charge is 2.26. The first-order valence-electron chi connectivity index (χ1n) is 8.42. The second-order valence-electron chi connectivity index (χ2n) is 7.42. The Bertz CT molecular complexity index is 550. The summed E-state index contributed by atoms with van der Waals surface area (Å²) < 4.78 is 0. The van der Waals surface area contributed by atoms with Gasteiger partial charge in [0, 0.05) is 18.7 Å². The van der Waals surface area contributed by atoms with Gasteiger partial charge in [-0.15, -0.1) is 0 Å². The van der Waals surface area contributed by atoms with Crippen molar-refractivity contribution in [1.82, 2.24) is 10.6 Å². The van der Waals surface area contributed by atoms with Gasteiger partial charge in [-0.2, -0.15) is 0 Å². The molecule has 0 spiro atoms. The van der Waals surface area contributed by atoms with Gasteiger partial charge in [0.05, 0.1) is 0 Å². The lowest BCUT2D eigenvalue weighted by molar-refractivity contribution is -0.124. The fourth-order valence-electron chi connectivity index (χ4n) is 2.29. The Morgan fingerprint density at radius 3 is 2.25 bits per heavy atom. The highest BCUT2D eigenvalue weighted by molar-refractivity contribution is 5.97. The van der Waals surface area contributed by atoms with Crippen LogP contribution < -0.4 is 10.6 Å². The van der Waals surface area contributed by atoms with Gasteiger partial charge in [-0.25, -0.2) is 0 Å². The summed E-state index contributed by atoms with van der Waals surface area (Å²) in [6.07, 6.45) is 0.606. The Morgan fingerprint density at radius 2 is 1.75 bits per heavy atom. The van der Waals surface area contributed by atoms with Crippen molar-refractivity contribution in [1.29, 1.82) is 0 Å². The van der Waals surface area contributed by atoms with Crippen molar-refractivity contribution in [2.75, 3.05) is 13.2 Å². The monoisotopic (exact) mass is 334 g/mol. The SMILES string of the molecule is Cc1ccc(C(=O)NC(C(=O)NCC(C)(C)CCO)C(C)C)cc1. The standard InChI is InChI=1S/C19H30N2O3/c1-13(2)16(18(24)20-12-19(4,5)10-11-22)21-17(23)15-8-6-14(3)7-9-15/h6-9,13,16,22H,10-12H2,1-5H3,(H,20,24)(H,21,23). The highest BCUT2D eigenvalue weighted by atomic mass is 16.3. The zero-order valence-corrected chi connectivity index (χ0v) is 15.3. The van der Waals surface area contributed by atoms with Gasteiger partial charge in [-0.1, -0.05) is 45.4 Å². The van der Waals surface area contributed by atoms with Crippen LogP contribution in [0.25, 0.3) is 0 Å². The minimum Gasteiger partial charge on any atom is -0.396 e. The molecular weight excluding hydrogens is 304 g/mol. The highest BCUT2D eigenvalue weighted by Crippen LogP contribution is 2.18. The quantitative estimate of drug-likeness (QED) is 0.682. The lowest BCUT2D eigenvalue weighted by Gasteiger charge is -2.27. The summed E-state index contributed by atoms with van der Waals surface area (Å²) >= 11 is 0. The molecule has 1 rings (SSSR count).